The summed E-state index contributed by atoms with van der Waals surface area (Å²) in [5.74, 6) is -0.415. The molecule has 1 aliphatic heterocycles. The van der Waals surface area contributed by atoms with Crippen LogP contribution in [0.15, 0.2) is 0 Å². The average Bonchev–Trinajstić information content (AvgIpc) is 2.30. The summed E-state index contributed by atoms with van der Waals surface area (Å²) in [7, 11) is 0. The maximum absolute atomic E-state index is 11.9. The van der Waals surface area contributed by atoms with Crippen molar-refractivity contribution < 1.29 is 19.4 Å². The molecule has 1 aliphatic rings. The van der Waals surface area contributed by atoms with Crippen molar-refractivity contribution in [3.8, 4) is 0 Å². The summed E-state index contributed by atoms with van der Waals surface area (Å²) < 4.78 is 5.26. The average molecular weight is 261 g/mol. The van der Waals surface area contributed by atoms with E-state index in [1.165, 1.54) is 11.8 Å². The number of carbonyl (C=O) groups is 2. The number of carboxylic acids is 1. The second kappa shape index (κ2) is 7.55. The lowest BCUT2D eigenvalue weighted by atomic mass is 10.1. The van der Waals surface area contributed by atoms with E-state index in [0.717, 1.165) is 12.8 Å². The Labute approximate surface area is 105 Å². The molecule has 0 aromatic heterocycles. The van der Waals surface area contributed by atoms with Gasteiger partial charge in [0.25, 0.3) is 0 Å². The van der Waals surface area contributed by atoms with Crippen LogP contribution in [0.1, 0.15) is 19.3 Å². The number of hydrogen-bond acceptors (Lipinski definition) is 4. The molecule has 0 aliphatic carbocycles. The summed E-state index contributed by atoms with van der Waals surface area (Å²) in [4.78, 5) is 24.2. The molecule has 0 aromatic carbocycles. The van der Waals surface area contributed by atoms with E-state index in [1.54, 1.807) is 4.90 Å². The Bertz CT molecular complexity index is 266. The number of carbonyl (C=O) groups excluding carboxylic acids is 1. The van der Waals surface area contributed by atoms with Gasteiger partial charge in [0, 0.05) is 25.8 Å². The van der Waals surface area contributed by atoms with Gasteiger partial charge in [-0.3, -0.25) is 9.59 Å². The first-order valence-electron chi connectivity index (χ1n) is 5.73. The molecule has 1 heterocycles. The zero-order chi connectivity index (χ0) is 12.7. The second-order valence-electron chi connectivity index (χ2n) is 4.01. The van der Waals surface area contributed by atoms with Crippen molar-refractivity contribution in [3.05, 3.63) is 0 Å². The van der Waals surface area contributed by atoms with Crippen LogP contribution in [0, 0.1) is 0 Å². The molecule has 0 radical (unpaired) electrons. The van der Waals surface area contributed by atoms with Gasteiger partial charge in [0.15, 0.2) is 0 Å². The third kappa shape index (κ3) is 4.95. The number of amides is 1. The monoisotopic (exact) mass is 261 g/mol. The van der Waals surface area contributed by atoms with E-state index in [2.05, 4.69) is 0 Å². The molecule has 1 N–H and O–H groups in total. The summed E-state index contributed by atoms with van der Waals surface area (Å²) in [6, 6.07) is 0.141. The molecule has 98 valence electrons. The number of carboxylic acid groups (broad SMARTS) is 1. The van der Waals surface area contributed by atoms with Crippen LogP contribution < -0.4 is 0 Å². The van der Waals surface area contributed by atoms with Crippen molar-refractivity contribution in [1.29, 1.82) is 0 Å². The van der Waals surface area contributed by atoms with Crippen LogP contribution in [0.2, 0.25) is 0 Å². The van der Waals surface area contributed by atoms with E-state index in [1.807, 2.05) is 6.26 Å². The van der Waals surface area contributed by atoms with Gasteiger partial charge in [-0.25, -0.2) is 0 Å². The third-order valence-electron chi connectivity index (χ3n) is 2.79. The Hall–Kier alpha value is -0.750. The zero-order valence-electron chi connectivity index (χ0n) is 10.1. The second-order valence-corrected chi connectivity index (χ2v) is 4.87. The molecule has 1 amide bonds. The van der Waals surface area contributed by atoms with Crippen LogP contribution in [0.25, 0.3) is 0 Å². The van der Waals surface area contributed by atoms with Crippen molar-refractivity contribution in [2.75, 3.05) is 31.8 Å². The van der Waals surface area contributed by atoms with Crippen LogP contribution in [0.3, 0.4) is 0 Å². The molecule has 1 saturated heterocycles. The molecular weight excluding hydrogens is 242 g/mol. The van der Waals surface area contributed by atoms with Crippen molar-refractivity contribution in [2.45, 2.75) is 25.3 Å². The highest BCUT2D eigenvalue weighted by Crippen LogP contribution is 2.16. The topological polar surface area (TPSA) is 66.8 Å². The molecule has 1 rings (SSSR count). The van der Waals surface area contributed by atoms with Gasteiger partial charge in [0.1, 0.15) is 0 Å². The maximum Gasteiger partial charge on any atom is 0.305 e. The predicted octanol–water partition coefficient (Wildman–Crippen LogP) is 0.832. The Morgan fingerprint density at radius 1 is 1.41 bits per heavy atom. The molecule has 17 heavy (non-hydrogen) atoms. The number of aliphatic carboxylic acids is 1. The van der Waals surface area contributed by atoms with Gasteiger partial charge in [-0.2, -0.15) is 11.8 Å². The van der Waals surface area contributed by atoms with E-state index in [9.17, 15) is 9.59 Å². The van der Waals surface area contributed by atoms with Crippen LogP contribution in [-0.4, -0.2) is 59.7 Å². The minimum absolute atomic E-state index is 0.0114. The third-order valence-corrected chi connectivity index (χ3v) is 3.32. The van der Waals surface area contributed by atoms with Gasteiger partial charge in [0.05, 0.1) is 12.2 Å². The number of hydrogen-bond donors (Lipinski definition) is 1. The molecule has 6 heteroatoms. The summed E-state index contributed by atoms with van der Waals surface area (Å²) in [5, 5.41) is 8.70. The summed E-state index contributed by atoms with van der Waals surface area (Å²) in [6.45, 7) is 1.61. The smallest absolute Gasteiger partial charge is 0.305 e. The lowest BCUT2D eigenvalue weighted by molar-refractivity contribution is -0.139. The normalized spacial score (nSPS) is 16.8. The molecule has 0 unspecified atom stereocenters. The minimum atomic E-state index is -0.862. The van der Waals surface area contributed by atoms with Gasteiger partial charge in [0.2, 0.25) is 5.91 Å². The zero-order valence-corrected chi connectivity index (χ0v) is 10.9. The van der Waals surface area contributed by atoms with E-state index in [-0.39, 0.29) is 18.4 Å². The van der Waals surface area contributed by atoms with E-state index < -0.39 is 5.97 Å². The van der Waals surface area contributed by atoms with Crippen molar-refractivity contribution >= 4 is 23.6 Å². The number of rotatable bonds is 6. The summed E-state index contributed by atoms with van der Waals surface area (Å²) in [6.07, 6.45) is 3.49. The van der Waals surface area contributed by atoms with Crippen LogP contribution in [0.5, 0.6) is 0 Å². The first kappa shape index (κ1) is 14.3. The molecule has 0 atom stereocenters. The van der Waals surface area contributed by atoms with Gasteiger partial charge >= 0.3 is 5.97 Å². The van der Waals surface area contributed by atoms with E-state index >= 15 is 0 Å². The van der Waals surface area contributed by atoms with Crippen molar-refractivity contribution in [1.82, 2.24) is 4.90 Å². The standard InChI is InChI=1S/C11H19NO4S/c1-17-8-10(13)12(5-2-11(14)15)9-3-6-16-7-4-9/h9H,2-8H2,1H3,(H,14,15). The molecule has 0 aromatic rings. The molecule has 5 nitrogen and oxygen atoms in total. The van der Waals surface area contributed by atoms with Gasteiger partial charge < -0.3 is 14.7 Å². The summed E-state index contributed by atoms with van der Waals surface area (Å²) in [5.41, 5.74) is 0. The maximum atomic E-state index is 11.9. The number of ether oxygens (including phenoxy) is 1. The van der Waals surface area contributed by atoms with Crippen molar-refractivity contribution in [3.63, 3.8) is 0 Å². The Kier molecular flexibility index (Phi) is 6.36. The number of nitrogens with zero attached hydrogens (tertiary/aromatic N) is 1. The Morgan fingerprint density at radius 3 is 2.59 bits per heavy atom. The highest BCUT2D eigenvalue weighted by molar-refractivity contribution is 7.99. The first-order chi connectivity index (χ1) is 8.15. The van der Waals surface area contributed by atoms with E-state index in [4.69, 9.17) is 9.84 Å². The fraction of sp³-hybridized carbons (Fsp3) is 0.818. The fourth-order valence-electron chi connectivity index (χ4n) is 1.93. The van der Waals surface area contributed by atoms with Crippen molar-refractivity contribution in [2.24, 2.45) is 0 Å². The molecule has 1 fully saturated rings. The van der Waals surface area contributed by atoms with Gasteiger partial charge in [-0.15, -0.1) is 0 Å². The lowest BCUT2D eigenvalue weighted by Gasteiger charge is -2.34. The number of thioether (sulfide) groups is 1. The quantitative estimate of drug-likeness (QED) is 0.767. The van der Waals surface area contributed by atoms with Crippen LogP contribution >= 0.6 is 11.8 Å². The van der Waals surface area contributed by atoms with Gasteiger partial charge in [-0.05, 0) is 19.1 Å². The first-order valence-corrected chi connectivity index (χ1v) is 7.12. The van der Waals surface area contributed by atoms with Gasteiger partial charge in [-0.1, -0.05) is 0 Å². The molecular formula is C11H19NO4S. The molecule has 0 spiro atoms. The Morgan fingerprint density at radius 2 is 2.06 bits per heavy atom. The predicted molar refractivity (Wildman–Crippen MR) is 66.2 cm³/mol. The molecule has 0 saturated carbocycles. The highest BCUT2D eigenvalue weighted by Gasteiger charge is 2.25. The Balaban J connectivity index is 2.56. The largest absolute Gasteiger partial charge is 0.481 e. The van der Waals surface area contributed by atoms with Crippen LogP contribution in [-0.2, 0) is 14.3 Å². The summed E-state index contributed by atoms with van der Waals surface area (Å²) >= 11 is 1.47. The highest BCUT2D eigenvalue weighted by atomic mass is 32.2. The lowest BCUT2D eigenvalue weighted by Crippen LogP contribution is -2.45. The minimum Gasteiger partial charge on any atom is -0.481 e. The van der Waals surface area contributed by atoms with E-state index in [0.29, 0.717) is 25.5 Å². The fourth-order valence-corrected chi connectivity index (χ4v) is 2.34. The SMILES string of the molecule is CSCC(=O)N(CCC(=O)O)C1CCOCC1. The van der Waals surface area contributed by atoms with Crippen LogP contribution in [0.4, 0.5) is 0 Å². The molecule has 0 bridgehead atoms.